The molecule has 0 spiro atoms. The Hall–Kier alpha value is -8.51. The standard InChI is InChI=1S/C75H65N6O.Pt/c1-48(2)60-27-19-28-61(49(3)4)74(60)55-39-57(43-59(40-55)82-58-32-33-63-62-26-14-15-29-67(62)81(68(63)44-58)73-42-56(35-36-76-73)75(5,6)7)79-47-80(71-46-69-65(45-70(71)79)77-72-30-16-17-37-78(69)72)66-34-31-53(51-22-12-9-13-23-51)41-64(66)54-25-18-24-52(38-54)50-20-10-8-11-21-50;/h8-15,18-29,31-36,38-42,45-49H,16-17,30,37H2,1-7H3;/q-3;. The van der Waals surface area contributed by atoms with E-state index in [9.17, 15) is 0 Å². The summed E-state index contributed by atoms with van der Waals surface area (Å²) in [5, 5.41) is 2.21. The number of hydrogen-bond donors (Lipinski definition) is 0. The van der Waals surface area contributed by atoms with E-state index in [-0.39, 0.29) is 38.3 Å². The van der Waals surface area contributed by atoms with Crippen molar-refractivity contribution in [2.45, 2.75) is 91.5 Å². The molecule has 0 saturated carbocycles. The van der Waals surface area contributed by atoms with Gasteiger partial charge in [-0.3, -0.25) is 0 Å². The van der Waals surface area contributed by atoms with Crippen molar-refractivity contribution in [2.24, 2.45) is 0 Å². The van der Waals surface area contributed by atoms with Gasteiger partial charge in [0, 0.05) is 79.9 Å². The van der Waals surface area contributed by atoms with Crippen molar-refractivity contribution in [1.29, 1.82) is 0 Å². The first-order valence-electron chi connectivity index (χ1n) is 29.0. The number of nitrogens with zero attached hydrogens (tertiary/aromatic N) is 6. The van der Waals surface area contributed by atoms with Crippen LogP contribution in [0.5, 0.6) is 11.5 Å². The summed E-state index contributed by atoms with van der Waals surface area (Å²) < 4.78 is 11.9. The number of para-hydroxylation sites is 1. The largest absolute Gasteiger partial charge is 0.509 e. The van der Waals surface area contributed by atoms with Crippen LogP contribution in [-0.4, -0.2) is 19.1 Å². The molecule has 3 aromatic heterocycles. The Labute approximate surface area is 502 Å². The SMILES string of the molecule is CC(C)c1cccc(C(C)C)c1-c1cc(Oc2[c-]c3c(cc2)c2ccccc2n3-c2cc(C(C)(C)C)ccn2)[c-]c(N2[CH-]N(c3ccc(-c4ccccc4)cc3-c3cccc(-c4ccccc4)c3)c3cc4c(cc32)nc2n4CCCC2)c1.[Pt]. The molecule has 0 bridgehead atoms. The summed E-state index contributed by atoms with van der Waals surface area (Å²) in [6.45, 7) is 19.1. The van der Waals surface area contributed by atoms with Crippen LogP contribution in [0.3, 0.4) is 0 Å². The molecule has 0 saturated heterocycles. The molecule has 2 aliphatic rings. The predicted molar refractivity (Wildman–Crippen MR) is 339 cm³/mol. The van der Waals surface area contributed by atoms with Crippen molar-refractivity contribution >= 4 is 55.6 Å². The predicted octanol–water partition coefficient (Wildman–Crippen LogP) is 19.9. The van der Waals surface area contributed by atoms with Crippen LogP contribution in [-0.2, 0) is 39.4 Å². The molecule has 8 heteroatoms. The van der Waals surface area contributed by atoms with Crippen LogP contribution in [0.2, 0.25) is 0 Å². The number of aromatic nitrogens is 4. The Morgan fingerprint density at radius 3 is 1.98 bits per heavy atom. The first-order chi connectivity index (χ1) is 39.9. The van der Waals surface area contributed by atoms with Crippen molar-refractivity contribution in [1.82, 2.24) is 19.1 Å². The normalized spacial score (nSPS) is 13.3. The van der Waals surface area contributed by atoms with E-state index < -0.39 is 0 Å². The molecule has 0 aliphatic carbocycles. The van der Waals surface area contributed by atoms with Gasteiger partial charge in [0.2, 0.25) is 0 Å². The number of benzene rings is 9. The second kappa shape index (κ2) is 21.7. The fraction of sp³-hybridized carbons (Fsp3) is 0.187. The molecule has 0 unspecified atom stereocenters. The molecule has 0 fully saturated rings. The molecular formula is C75H65N6OPt-3. The molecule has 0 amide bonds. The average molecular weight is 1260 g/mol. The zero-order valence-corrected chi connectivity index (χ0v) is 50.3. The van der Waals surface area contributed by atoms with Crippen LogP contribution >= 0.6 is 0 Å². The summed E-state index contributed by atoms with van der Waals surface area (Å²) in [5.41, 5.74) is 21.0. The van der Waals surface area contributed by atoms with E-state index in [1.165, 1.54) is 38.9 Å². The van der Waals surface area contributed by atoms with Gasteiger partial charge in [-0.15, -0.1) is 53.6 Å². The van der Waals surface area contributed by atoms with Crippen LogP contribution in [0.15, 0.2) is 200 Å². The molecule has 7 nitrogen and oxygen atoms in total. The minimum atomic E-state index is -0.0607. The van der Waals surface area contributed by atoms with Crippen LogP contribution in [0, 0.1) is 18.8 Å². The fourth-order valence-corrected chi connectivity index (χ4v) is 12.5. The minimum absolute atomic E-state index is 0. The van der Waals surface area contributed by atoms with E-state index in [0.717, 1.165) is 115 Å². The van der Waals surface area contributed by atoms with E-state index in [1.54, 1.807) is 0 Å². The number of aryl methyl sites for hydroxylation is 2. The van der Waals surface area contributed by atoms with E-state index in [1.807, 2.05) is 12.3 Å². The van der Waals surface area contributed by atoms with Crippen molar-refractivity contribution in [3.8, 4) is 61.8 Å². The maximum atomic E-state index is 7.20. The number of anilines is 4. The summed E-state index contributed by atoms with van der Waals surface area (Å²) in [5.74, 6) is 3.70. The molecule has 414 valence electrons. The molecule has 14 rings (SSSR count). The van der Waals surface area contributed by atoms with Crippen molar-refractivity contribution < 1.29 is 25.8 Å². The van der Waals surface area contributed by atoms with Crippen molar-refractivity contribution in [3.63, 3.8) is 0 Å². The zero-order valence-electron chi connectivity index (χ0n) is 48.0. The van der Waals surface area contributed by atoms with Crippen molar-refractivity contribution in [3.05, 3.63) is 242 Å². The van der Waals surface area contributed by atoms with Gasteiger partial charge < -0.3 is 23.7 Å². The van der Waals surface area contributed by atoms with Crippen LogP contribution in [0.1, 0.15) is 95.7 Å². The summed E-state index contributed by atoms with van der Waals surface area (Å²) in [4.78, 5) is 15.0. The number of hydrogen-bond acceptors (Lipinski definition) is 5. The third-order valence-electron chi connectivity index (χ3n) is 16.7. The van der Waals surface area contributed by atoms with Gasteiger partial charge in [-0.2, -0.15) is 6.07 Å². The molecule has 12 aromatic rings. The van der Waals surface area contributed by atoms with Crippen LogP contribution in [0.25, 0.3) is 83.2 Å². The number of rotatable bonds is 11. The van der Waals surface area contributed by atoms with Gasteiger partial charge in [0.15, 0.2) is 0 Å². The van der Waals surface area contributed by atoms with Crippen molar-refractivity contribution in [2.75, 3.05) is 9.80 Å². The number of fused-ring (bicyclic) bond motifs is 7. The van der Waals surface area contributed by atoms with Crippen LogP contribution < -0.4 is 14.5 Å². The summed E-state index contributed by atoms with van der Waals surface area (Å²) in [7, 11) is 0. The minimum Gasteiger partial charge on any atom is -0.509 e. The van der Waals surface area contributed by atoms with E-state index in [2.05, 4.69) is 274 Å². The third kappa shape index (κ3) is 9.83. The molecule has 0 atom stereocenters. The number of ether oxygens (including phenoxy) is 1. The smallest absolute Gasteiger partial charge is 0.135 e. The first-order valence-corrected chi connectivity index (χ1v) is 29.0. The maximum Gasteiger partial charge on any atom is 0.135 e. The van der Waals surface area contributed by atoms with Crippen LogP contribution in [0.4, 0.5) is 22.7 Å². The molecule has 0 radical (unpaired) electrons. The summed E-state index contributed by atoms with van der Waals surface area (Å²) in [6, 6.07) is 78.0. The fourth-order valence-electron chi connectivity index (χ4n) is 12.5. The number of pyridine rings is 1. The molecule has 83 heavy (non-hydrogen) atoms. The monoisotopic (exact) mass is 1260 g/mol. The Bertz CT molecular complexity index is 4390. The van der Waals surface area contributed by atoms with Gasteiger partial charge in [-0.25, -0.2) is 9.97 Å². The first kappa shape index (κ1) is 53.8. The molecular weight excluding hydrogens is 1200 g/mol. The van der Waals surface area contributed by atoms with Gasteiger partial charge in [-0.1, -0.05) is 175 Å². The van der Waals surface area contributed by atoms with Gasteiger partial charge in [0.05, 0.1) is 11.0 Å². The van der Waals surface area contributed by atoms with E-state index in [0.29, 0.717) is 11.5 Å². The maximum absolute atomic E-state index is 7.20. The second-order valence-electron chi connectivity index (χ2n) is 23.8. The zero-order chi connectivity index (χ0) is 55.8. The molecule has 2 aliphatic heterocycles. The number of imidazole rings is 1. The molecule has 0 N–H and O–H groups in total. The summed E-state index contributed by atoms with van der Waals surface area (Å²) in [6.07, 6.45) is 5.16. The van der Waals surface area contributed by atoms with Gasteiger partial charge in [0.25, 0.3) is 0 Å². The Morgan fingerprint density at radius 1 is 0.542 bits per heavy atom. The third-order valence-corrected chi connectivity index (χ3v) is 16.7. The van der Waals surface area contributed by atoms with E-state index in [4.69, 9.17) is 14.7 Å². The van der Waals surface area contributed by atoms with Gasteiger partial charge in [-0.05, 0) is 134 Å². The second-order valence-corrected chi connectivity index (χ2v) is 23.8. The summed E-state index contributed by atoms with van der Waals surface area (Å²) >= 11 is 0. The average Bonchev–Trinajstić information content (AvgIpc) is 4.37. The van der Waals surface area contributed by atoms with Gasteiger partial charge >= 0.3 is 0 Å². The topological polar surface area (TPSA) is 51.4 Å². The van der Waals surface area contributed by atoms with E-state index >= 15 is 0 Å². The Balaban J connectivity index is 0.00000645. The molecule has 9 aromatic carbocycles. The Morgan fingerprint density at radius 2 is 1.23 bits per heavy atom. The molecule has 5 heterocycles. The quantitative estimate of drug-likeness (QED) is 0.121. The Kier molecular flexibility index (Phi) is 14.0. The van der Waals surface area contributed by atoms with Gasteiger partial charge in [0.1, 0.15) is 11.6 Å².